The smallest absolute Gasteiger partial charge is 0.160 e. The fraction of sp³-hybridized carbons (Fsp3) is 0.500. The standard InChI is InChI=1S/C24H33N5O3/c1-4-25-14-19(30)16-32-20-7-5-6-18(12-20)22-13-23(28-8-10-31-11-9-28)21-15-26-29(17(2)3)24(21)27-22/h5-7,12-13,15,17,19,25,30H,4,8-11,14,16H2,1-3H3. The fourth-order valence-electron chi connectivity index (χ4n) is 3.90. The van der Waals surface area contributed by atoms with Crippen LogP contribution in [0, 0.1) is 0 Å². The second-order valence-electron chi connectivity index (χ2n) is 8.35. The number of fused-ring (bicyclic) bond motifs is 1. The molecule has 1 aliphatic heterocycles. The summed E-state index contributed by atoms with van der Waals surface area (Å²) in [6.45, 7) is 10.9. The first kappa shape index (κ1) is 22.5. The van der Waals surface area contributed by atoms with E-state index < -0.39 is 6.10 Å². The van der Waals surface area contributed by atoms with Crippen molar-refractivity contribution in [3.63, 3.8) is 0 Å². The zero-order chi connectivity index (χ0) is 22.5. The van der Waals surface area contributed by atoms with Crippen molar-refractivity contribution in [2.45, 2.75) is 32.9 Å². The SMILES string of the molecule is CCNCC(O)COc1cccc(-c2cc(N3CCOCC3)c3cnn(C(C)C)c3n2)c1. The number of benzene rings is 1. The number of nitrogens with one attached hydrogen (secondary N) is 1. The molecule has 1 aliphatic rings. The van der Waals surface area contributed by atoms with Gasteiger partial charge in [-0.05, 0) is 38.6 Å². The number of aliphatic hydroxyl groups excluding tert-OH is 1. The summed E-state index contributed by atoms with van der Waals surface area (Å²) in [6, 6.07) is 10.2. The van der Waals surface area contributed by atoms with Crippen molar-refractivity contribution in [2.75, 3.05) is 50.9 Å². The molecule has 8 nitrogen and oxygen atoms in total. The van der Waals surface area contributed by atoms with Gasteiger partial charge in [0.05, 0.1) is 36.2 Å². The Morgan fingerprint density at radius 1 is 1.22 bits per heavy atom. The minimum absolute atomic E-state index is 0.209. The zero-order valence-corrected chi connectivity index (χ0v) is 19.1. The predicted molar refractivity (Wildman–Crippen MR) is 126 cm³/mol. The molecule has 172 valence electrons. The van der Waals surface area contributed by atoms with Crippen molar-refractivity contribution < 1.29 is 14.6 Å². The van der Waals surface area contributed by atoms with Crippen LogP contribution in [-0.4, -0.2) is 72.0 Å². The first-order chi connectivity index (χ1) is 15.6. The number of anilines is 1. The van der Waals surface area contributed by atoms with Gasteiger partial charge in [-0.15, -0.1) is 0 Å². The van der Waals surface area contributed by atoms with Gasteiger partial charge in [-0.25, -0.2) is 9.67 Å². The Bertz CT molecular complexity index is 1030. The highest BCUT2D eigenvalue weighted by Crippen LogP contribution is 2.33. The summed E-state index contributed by atoms with van der Waals surface area (Å²) in [5, 5.41) is 18.9. The molecule has 1 aromatic carbocycles. The lowest BCUT2D eigenvalue weighted by molar-refractivity contribution is 0.107. The largest absolute Gasteiger partial charge is 0.491 e. The van der Waals surface area contributed by atoms with Crippen molar-refractivity contribution in [2.24, 2.45) is 0 Å². The maximum atomic E-state index is 10.1. The Kier molecular flexibility index (Phi) is 7.24. The van der Waals surface area contributed by atoms with E-state index in [0.29, 0.717) is 12.3 Å². The molecule has 0 saturated carbocycles. The molecule has 0 bridgehead atoms. The molecular formula is C24H33N5O3. The van der Waals surface area contributed by atoms with Crippen LogP contribution < -0.4 is 15.0 Å². The molecule has 0 radical (unpaired) electrons. The zero-order valence-electron chi connectivity index (χ0n) is 19.1. The van der Waals surface area contributed by atoms with Crippen molar-refractivity contribution in [3.8, 4) is 17.0 Å². The summed E-state index contributed by atoms with van der Waals surface area (Å²) >= 11 is 0. The molecule has 3 aromatic rings. The lowest BCUT2D eigenvalue weighted by atomic mass is 10.1. The molecule has 1 fully saturated rings. The van der Waals surface area contributed by atoms with E-state index in [1.54, 1.807) is 0 Å². The van der Waals surface area contributed by atoms with Crippen molar-refractivity contribution >= 4 is 16.7 Å². The van der Waals surface area contributed by atoms with Gasteiger partial charge in [-0.2, -0.15) is 5.10 Å². The maximum Gasteiger partial charge on any atom is 0.160 e. The minimum atomic E-state index is -0.554. The third-order valence-electron chi connectivity index (χ3n) is 5.59. The predicted octanol–water partition coefficient (Wildman–Crippen LogP) is 2.87. The summed E-state index contributed by atoms with van der Waals surface area (Å²) < 4.78 is 13.4. The summed E-state index contributed by atoms with van der Waals surface area (Å²) in [5.74, 6) is 0.713. The molecule has 1 atom stereocenters. The van der Waals surface area contributed by atoms with Gasteiger partial charge in [0.1, 0.15) is 18.5 Å². The molecule has 32 heavy (non-hydrogen) atoms. The Morgan fingerprint density at radius 3 is 2.78 bits per heavy atom. The second-order valence-corrected chi connectivity index (χ2v) is 8.35. The van der Waals surface area contributed by atoms with Gasteiger partial charge in [-0.1, -0.05) is 19.1 Å². The second kappa shape index (κ2) is 10.3. The molecule has 2 aromatic heterocycles. The van der Waals surface area contributed by atoms with E-state index in [1.807, 2.05) is 42.1 Å². The van der Waals surface area contributed by atoms with Crippen LogP contribution in [0.1, 0.15) is 26.8 Å². The van der Waals surface area contributed by atoms with Crippen LogP contribution in [0.5, 0.6) is 5.75 Å². The summed E-state index contributed by atoms with van der Waals surface area (Å²) in [5.41, 5.74) is 3.86. The average molecular weight is 440 g/mol. The molecule has 2 N–H and O–H groups in total. The van der Waals surface area contributed by atoms with Crippen molar-refractivity contribution in [1.82, 2.24) is 20.1 Å². The minimum Gasteiger partial charge on any atom is -0.491 e. The van der Waals surface area contributed by atoms with Gasteiger partial charge < -0.3 is 24.8 Å². The molecule has 4 rings (SSSR count). The number of pyridine rings is 1. The number of morpholine rings is 1. The molecular weight excluding hydrogens is 406 g/mol. The van der Waals surface area contributed by atoms with Crippen LogP contribution in [0.4, 0.5) is 5.69 Å². The van der Waals surface area contributed by atoms with E-state index in [-0.39, 0.29) is 12.6 Å². The third kappa shape index (κ3) is 5.03. The Labute approximate surface area is 189 Å². The number of nitrogens with zero attached hydrogens (tertiary/aromatic N) is 4. The van der Waals surface area contributed by atoms with E-state index >= 15 is 0 Å². The molecule has 0 spiro atoms. The van der Waals surface area contributed by atoms with E-state index in [2.05, 4.69) is 35.2 Å². The normalized spacial score (nSPS) is 15.5. The fourth-order valence-corrected chi connectivity index (χ4v) is 3.90. The van der Waals surface area contributed by atoms with E-state index in [0.717, 1.165) is 60.8 Å². The van der Waals surface area contributed by atoms with Gasteiger partial charge in [0, 0.05) is 31.2 Å². The lowest BCUT2D eigenvalue weighted by Gasteiger charge is -2.29. The number of likely N-dealkylation sites (N-methyl/N-ethyl adjacent to an activating group) is 1. The van der Waals surface area contributed by atoms with Crippen LogP contribution in [0.2, 0.25) is 0 Å². The van der Waals surface area contributed by atoms with Crippen LogP contribution in [0.15, 0.2) is 36.5 Å². The molecule has 1 unspecified atom stereocenters. The lowest BCUT2D eigenvalue weighted by Crippen LogP contribution is -2.36. The van der Waals surface area contributed by atoms with E-state index in [1.165, 1.54) is 0 Å². The number of rotatable bonds is 9. The summed E-state index contributed by atoms with van der Waals surface area (Å²) in [4.78, 5) is 7.33. The number of hydrogen-bond donors (Lipinski definition) is 2. The average Bonchev–Trinajstić information content (AvgIpc) is 3.26. The Morgan fingerprint density at radius 2 is 2.03 bits per heavy atom. The first-order valence-electron chi connectivity index (χ1n) is 11.4. The van der Waals surface area contributed by atoms with Crippen molar-refractivity contribution in [1.29, 1.82) is 0 Å². The third-order valence-corrected chi connectivity index (χ3v) is 5.59. The quantitative estimate of drug-likeness (QED) is 0.530. The Balaban J connectivity index is 1.67. The van der Waals surface area contributed by atoms with Gasteiger partial charge in [0.15, 0.2) is 5.65 Å². The van der Waals surface area contributed by atoms with Crippen LogP contribution in [-0.2, 0) is 4.74 Å². The van der Waals surface area contributed by atoms with Crippen LogP contribution in [0.3, 0.4) is 0 Å². The van der Waals surface area contributed by atoms with Gasteiger partial charge >= 0.3 is 0 Å². The molecule has 0 amide bonds. The highest BCUT2D eigenvalue weighted by atomic mass is 16.5. The highest BCUT2D eigenvalue weighted by molar-refractivity contribution is 5.92. The molecule has 8 heteroatoms. The summed E-state index contributed by atoms with van der Waals surface area (Å²) in [6.07, 6.45) is 1.36. The van der Waals surface area contributed by atoms with E-state index in [4.69, 9.17) is 14.5 Å². The monoisotopic (exact) mass is 439 g/mol. The van der Waals surface area contributed by atoms with Crippen LogP contribution in [0.25, 0.3) is 22.3 Å². The topological polar surface area (TPSA) is 84.7 Å². The number of ether oxygens (including phenoxy) is 2. The van der Waals surface area contributed by atoms with Crippen molar-refractivity contribution in [3.05, 3.63) is 36.5 Å². The highest BCUT2D eigenvalue weighted by Gasteiger charge is 2.20. The van der Waals surface area contributed by atoms with Crippen LogP contribution >= 0.6 is 0 Å². The van der Waals surface area contributed by atoms with Gasteiger partial charge in [-0.3, -0.25) is 0 Å². The van der Waals surface area contributed by atoms with Gasteiger partial charge in [0.2, 0.25) is 0 Å². The Hall–Kier alpha value is -2.68. The number of aliphatic hydroxyl groups is 1. The summed E-state index contributed by atoms with van der Waals surface area (Å²) in [7, 11) is 0. The van der Waals surface area contributed by atoms with E-state index in [9.17, 15) is 5.11 Å². The molecule has 3 heterocycles. The number of aromatic nitrogens is 3. The maximum absolute atomic E-state index is 10.1. The van der Waals surface area contributed by atoms with Gasteiger partial charge in [0.25, 0.3) is 0 Å². The first-order valence-corrected chi connectivity index (χ1v) is 11.4. The molecule has 0 aliphatic carbocycles. The molecule has 1 saturated heterocycles. The number of hydrogen-bond acceptors (Lipinski definition) is 7.